The molecule has 0 unspecified atom stereocenters. The Morgan fingerprint density at radius 1 is 0.512 bits per heavy atom. The fourth-order valence-corrected chi connectivity index (χ4v) is 8.41. The molecule has 0 radical (unpaired) electrons. The summed E-state index contributed by atoms with van der Waals surface area (Å²) in [5, 5.41) is 31.2. The molecule has 1 saturated heterocycles. The van der Waals surface area contributed by atoms with E-state index in [9.17, 15) is 29.7 Å². The topological polar surface area (TPSA) is 169 Å². The SMILES string of the molecule is CC#CC#CC#CC#CC#CC#CC#CC#CC#CC.CC1(C)OC(=O)N(C(=O)[C@@](C)(OCc2ccc(-c3ccccc3)cc2)[C@@H](O)c2ccco2)[C@H]1c1ccccc1.C[C@@](OCc1ccc(-c2ccccc2)cc1)(C(=O)CO)[C@@H](O)c1ccco1. The maximum atomic E-state index is 14.2. The monoisotopic (exact) mass is 1140 g/mol. The molecule has 8 rings (SSSR count). The predicted octanol–water partition coefficient (Wildman–Crippen LogP) is 11.0. The molecule has 5 atom stereocenters. The molecule has 1 fully saturated rings. The van der Waals surface area contributed by atoms with E-state index in [1.165, 1.54) is 26.4 Å². The molecule has 0 saturated carbocycles. The van der Waals surface area contributed by atoms with Crippen molar-refractivity contribution in [2.24, 2.45) is 0 Å². The number of carbonyl (C=O) groups is 3. The lowest BCUT2D eigenvalue weighted by Gasteiger charge is -2.37. The van der Waals surface area contributed by atoms with E-state index < -0.39 is 59.4 Å². The lowest BCUT2D eigenvalue weighted by Crippen LogP contribution is -2.54. The van der Waals surface area contributed by atoms with Gasteiger partial charge >= 0.3 is 6.09 Å². The Morgan fingerprint density at radius 2 is 0.860 bits per heavy atom. The highest BCUT2D eigenvalue weighted by Crippen LogP contribution is 2.44. The maximum Gasteiger partial charge on any atom is 0.417 e. The van der Waals surface area contributed by atoms with Gasteiger partial charge in [-0.25, -0.2) is 9.69 Å². The van der Waals surface area contributed by atoms with Crippen LogP contribution in [0.4, 0.5) is 4.79 Å². The summed E-state index contributed by atoms with van der Waals surface area (Å²) in [5.41, 5.74) is 2.19. The highest BCUT2D eigenvalue weighted by atomic mass is 16.6. The number of amides is 2. The minimum atomic E-state index is -1.87. The van der Waals surface area contributed by atoms with Crippen molar-refractivity contribution in [3.63, 3.8) is 0 Å². The quantitative estimate of drug-likeness (QED) is 0.0788. The van der Waals surface area contributed by atoms with Crippen LogP contribution < -0.4 is 0 Å². The number of nitrogens with zero attached hydrogens (tertiary/aromatic N) is 1. The van der Waals surface area contributed by atoms with E-state index in [-0.39, 0.29) is 24.7 Å². The number of rotatable bonds is 16. The molecule has 3 heterocycles. The van der Waals surface area contributed by atoms with Crippen LogP contribution in [0.15, 0.2) is 185 Å². The van der Waals surface area contributed by atoms with Crippen LogP contribution in [0, 0.1) is 107 Å². The van der Waals surface area contributed by atoms with Gasteiger partial charge in [-0.05, 0) is 199 Å². The Morgan fingerprint density at radius 3 is 1.22 bits per heavy atom. The Hall–Kier alpha value is -10.9. The summed E-state index contributed by atoms with van der Waals surface area (Å²) in [6, 6.07) is 50.3. The number of ketones is 1. The first-order chi connectivity index (χ1) is 41.7. The third-order valence-electron chi connectivity index (χ3n) is 13.0. The number of furan rings is 2. The van der Waals surface area contributed by atoms with E-state index in [1.54, 1.807) is 52.0 Å². The van der Waals surface area contributed by atoms with Crippen LogP contribution in [0.5, 0.6) is 0 Å². The second kappa shape index (κ2) is 32.7. The molecule has 7 aromatic rings. The molecule has 2 aromatic heterocycles. The van der Waals surface area contributed by atoms with Gasteiger partial charge in [0, 0.05) is 0 Å². The normalized spacial score (nSPS) is 14.0. The average molecular weight is 1140 g/mol. The number of ether oxygens (including phenoxy) is 3. The molecule has 1 aliphatic rings. The summed E-state index contributed by atoms with van der Waals surface area (Å²) in [5.74, 6) is 44.6. The number of imide groups is 1. The van der Waals surface area contributed by atoms with Crippen LogP contribution >= 0.6 is 0 Å². The molecule has 426 valence electrons. The number of aliphatic hydroxyl groups excluding tert-OH is 3. The third-order valence-corrected chi connectivity index (χ3v) is 13.0. The van der Waals surface area contributed by atoms with Gasteiger partial charge in [-0.15, -0.1) is 0 Å². The second-order valence-electron chi connectivity index (χ2n) is 19.3. The van der Waals surface area contributed by atoms with E-state index in [4.69, 9.17) is 23.0 Å². The Bertz CT molecular complexity index is 3930. The first-order valence-corrected chi connectivity index (χ1v) is 26.8. The molecular weight excluding hydrogens is 1080 g/mol. The highest BCUT2D eigenvalue weighted by Gasteiger charge is 2.57. The van der Waals surface area contributed by atoms with Crippen LogP contribution in [0.3, 0.4) is 0 Å². The molecule has 5 aromatic carbocycles. The van der Waals surface area contributed by atoms with Gasteiger partial charge in [-0.3, -0.25) is 9.59 Å². The van der Waals surface area contributed by atoms with E-state index in [0.29, 0.717) is 0 Å². The van der Waals surface area contributed by atoms with Crippen LogP contribution in [-0.2, 0) is 37.0 Å². The Kier molecular flexibility index (Phi) is 24.4. The number of hydrogen-bond acceptors (Lipinski definition) is 11. The summed E-state index contributed by atoms with van der Waals surface area (Å²) >= 11 is 0. The van der Waals surface area contributed by atoms with Crippen molar-refractivity contribution in [1.82, 2.24) is 4.90 Å². The van der Waals surface area contributed by atoms with Gasteiger partial charge in [-0.1, -0.05) is 151 Å². The van der Waals surface area contributed by atoms with E-state index in [0.717, 1.165) is 43.8 Å². The second-order valence-corrected chi connectivity index (χ2v) is 19.3. The van der Waals surface area contributed by atoms with Gasteiger partial charge in [0.25, 0.3) is 5.91 Å². The van der Waals surface area contributed by atoms with E-state index >= 15 is 0 Å². The summed E-state index contributed by atoms with van der Waals surface area (Å²) in [6.45, 7) is 9.23. The molecule has 86 heavy (non-hydrogen) atoms. The van der Waals surface area contributed by atoms with Gasteiger partial charge in [0.2, 0.25) is 0 Å². The number of hydrogen-bond donors (Lipinski definition) is 3. The van der Waals surface area contributed by atoms with Crippen molar-refractivity contribution < 1.29 is 52.7 Å². The molecule has 2 amide bonds. The smallest absolute Gasteiger partial charge is 0.417 e. The predicted molar refractivity (Wildman–Crippen MR) is 327 cm³/mol. The molecular formula is C74H59NO11. The first kappa shape index (κ1) is 64.3. The van der Waals surface area contributed by atoms with Crippen molar-refractivity contribution in [2.75, 3.05) is 6.61 Å². The van der Waals surface area contributed by atoms with Crippen molar-refractivity contribution in [3.05, 3.63) is 205 Å². The van der Waals surface area contributed by atoms with Gasteiger partial charge in [0.15, 0.2) is 17.0 Å². The Labute approximate surface area is 502 Å². The number of Topliss-reactive ketones (excluding diaryl/α,β-unsaturated/α-hetero) is 1. The van der Waals surface area contributed by atoms with Crippen molar-refractivity contribution in [1.29, 1.82) is 0 Å². The highest BCUT2D eigenvalue weighted by molar-refractivity contribution is 5.99. The zero-order chi connectivity index (χ0) is 61.6. The van der Waals surface area contributed by atoms with Gasteiger partial charge < -0.3 is 38.4 Å². The molecule has 0 bridgehead atoms. The minimum Gasteiger partial charge on any atom is -0.466 e. The molecule has 0 aliphatic carbocycles. The van der Waals surface area contributed by atoms with Crippen molar-refractivity contribution in [2.45, 2.75) is 89.8 Å². The number of benzene rings is 5. The molecule has 3 N–H and O–H groups in total. The standard InChI is InChI=1S/C32H31NO6.C22H22O5.C20H6/c1-31(2)27(25-13-8-5-9-14-25)33(30(36)39-31)29(35)32(3,28(34)26-15-10-20-37-26)38-21-22-16-18-24(19-17-22)23-11-6-4-7-12-23;1-22(20(24)14-23,21(25)19-8-5-13-26-19)27-15-16-9-11-18(12-10-16)17-6-3-2-4-7-17;1-3-5-7-9-11-13-15-17-19-20-18-16-14-12-10-8-6-4-2/h4-20,27-28,34H,21H2,1-3H3;2-13,21,23,25H,14-15H2,1H3;1-2H3/t27-,28-,32-;21-,22+;/m00./s1. The summed E-state index contributed by atoms with van der Waals surface area (Å²) in [7, 11) is 0. The van der Waals surface area contributed by atoms with Crippen molar-refractivity contribution in [3.8, 4) is 129 Å². The fourth-order valence-electron chi connectivity index (χ4n) is 8.41. The van der Waals surface area contributed by atoms with Gasteiger partial charge in [-0.2, -0.15) is 0 Å². The zero-order valence-corrected chi connectivity index (χ0v) is 48.2. The summed E-state index contributed by atoms with van der Waals surface area (Å²) in [6.07, 6.45) is -0.795. The van der Waals surface area contributed by atoms with Gasteiger partial charge in [0.1, 0.15) is 42.0 Å². The minimum absolute atomic E-state index is 0.0113. The number of cyclic esters (lactones) is 1. The number of carbonyl (C=O) groups excluding carboxylic acids is 3. The zero-order valence-electron chi connectivity index (χ0n) is 48.2. The lowest BCUT2D eigenvalue weighted by molar-refractivity contribution is -0.176. The fraction of sp³-hybridized carbons (Fsp3) is 0.203. The molecule has 1 aliphatic heterocycles. The molecule has 12 nitrogen and oxygen atoms in total. The maximum absolute atomic E-state index is 14.2. The molecule has 0 spiro atoms. The van der Waals surface area contributed by atoms with Gasteiger partial charge in [0.05, 0.1) is 25.7 Å². The lowest BCUT2D eigenvalue weighted by atomic mass is 9.88. The first-order valence-electron chi connectivity index (χ1n) is 26.8. The largest absolute Gasteiger partial charge is 0.466 e. The average Bonchev–Trinajstić information content (AvgIpc) is 1.70. The molecule has 12 heteroatoms. The van der Waals surface area contributed by atoms with Crippen LogP contribution in [-0.4, -0.2) is 61.4 Å². The van der Waals surface area contributed by atoms with Crippen molar-refractivity contribution >= 4 is 17.8 Å². The van der Waals surface area contributed by atoms with E-state index in [2.05, 4.69) is 107 Å². The summed E-state index contributed by atoms with van der Waals surface area (Å²) in [4.78, 5) is 40.7. The third kappa shape index (κ3) is 18.1. The van der Waals surface area contributed by atoms with Crippen LogP contribution in [0.2, 0.25) is 0 Å². The van der Waals surface area contributed by atoms with Crippen LogP contribution in [0.25, 0.3) is 22.3 Å². The van der Waals surface area contributed by atoms with E-state index in [1.807, 2.05) is 140 Å². The number of aliphatic hydroxyl groups is 3. The summed E-state index contributed by atoms with van der Waals surface area (Å²) < 4.78 is 28.3. The Balaban J connectivity index is 0.000000220. The van der Waals surface area contributed by atoms with Crippen LogP contribution in [0.1, 0.15) is 88.0 Å².